The fraction of sp³-hybridized carbons (Fsp3) is 0.600. The van der Waals surface area contributed by atoms with E-state index in [4.69, 9.17) is 5.10 Å². The van der Waals surface area contributed by atoms with Crippen LogP contribution in [0.1, 0.15) is 51.4 Å². The third kappa shape index (κ3) is 2.50. The zero-order valence-electron chi connectivity index (χ0n) is 13.0. The lowest BCUT2D eigenvalue weighted by Crippen LogP contribution is -2.24. The molecule has 21 heavy (non-hydrogen) atoms. The minimum atomic E-state index is 0.0169. The summed E-state index contributed by atoms with van der Waals surface area (Å²) in [5.74, 6) is 1.08. The van der Waals surface area contributed by atoms with Gasteiger partial charge in [0.25, 0.3) is 0 Å². The van der Waals surface area contributed by atoms with Gasteiger partial charge >= 0.3 is 0 Å². The third-order valence-electron chi connectivity index (χ3n) is 3.93. The molecule has 0 bridgehead atoms. The number of hydrogen-bond acceptors (Lipinski definition) is 3. The Morgan fingerprint density at radius 1 is 1.43 bits per heavy atom. The van der Waals surface area contributed by atoms with Gasteiger partial charge in [-0.25, -0.2) is 4.68 Å². The molecule has 5 nitrogen and oxygen atoms in total. The van der Waals surface area contributed by atoms with Gasteiger partial charge in [0.1, 0.15) is 5.82 Å². The minimum Gasteiger partial charge on any atom is -0.369 e. The van der Waals surface area contributed by atoms with Crippen LogP contribution in [0, 0.1) is 0 Å². The lowest BCUT2D eigenvalue weighted by Gasteiger charge is -2.25. The Morgan fingerprint density at radius 3 is 2.81 bits per heavy atom. The molecule has 0 spiro atoms. The predicted octanol–water partition coefficient (Wildman–Crippen LogP) is 3.56. The van der Waals surface area contributed by atoms with Gasteiger partial charge in [-0.15, -0.1) is 0 Å². The Kier molecular flexibility index (Phi) is 3.59. The summed E-state index contributed by atoms with van der Waals surface area (Å²) in [5.41, 5.74) is 2.35. The number of nitrogens with one attached hydrogen (secondary N) is 1. The fourth-order valence-corrected chi connectivity index (χ4v) is 3.76. The highest BCUT2D eigenvalue weighted by molar-refractivity contribution is 9.10. The van der Waals surface area contributed by atoms with Crippen LogP contribution in [-0.4, -0.2) is 26.1 Å². The summed E-state index contributed by atoms with van der Waals surface area (Å²) in [6.07, 6.45) is 5.13. The van der Waals surface area contributed by atoms with Crippen molar-refractivity contribution in [2.45, 2.75) is 52.1 Å². The number of halogens is 1. The number of fused-ring (bicyclic) bond motifs is 1. The second kappa shape index (κ2) is 5.16. The van der Waals surface area contributed by atoms with Crippen molar-refractivity contribution in [3.05, 3.63) is 28.1 Å². The van der Waals surface area contributed by atoms with Crippen LogP contribution in [0.5, 0.6) is 0 Å². The van der Waals surface area contributed by atoms with Crippen molar-refractivity contribution >= 4 is 21.7 Å². The summed E-state index contributed by atoms with van der Waals surface area (Å²) in [4.78, 5) is 0. The summed E-state index contributed by atoms with van der Waals surface area (Å²) < 4.78 is 5.17. The summed E-state index contributed by atoms with van der Waals surface area (Å²) in [6, 6.07) is 0.258. The molecule has 0 aliphatic carbocycles. The molecule has 1 unspecified atom stereocenters. The smallest absolute Gasteiger partial charge is 0.139 e. The monoisotopic (exact) mass is 351 g/mol. The van der Waals surface area contributed by atoms with Gasteiger partial charge in [0, 0.05) is 30.3 Å². The van der Waals surface area contributed by atoms with Crippen molar-refractivity contribution < 1.29 is 0 Å². The Balaban J connectivity index is 2.05. The quantitative estimate of drug-likeness (QED) is 0.899. The van der Waals surface area contributed by atoms with Crippen LogP contribution in [0.3, 0.4) is 0 Å². The Labute approximate surface area is 133 Å². The predicted molar refractivity (Wildman–Crippen MR) is 87.8 cm³/mol. The van der Waals surface area contributed by atoms with Crippen LogP contribution in [0.4, 0.5) is 5.82 Å². The molecule has 1 atom stereocenters. The van der Waals surface area contributed by atoms with Crippen molar-refractivity contribution in [2.24, 2.45) is 0 Å². The largest absolute Gasteiger partial charge is 0.369 e. The first kappa shape index (κ1) is 14.6. The van der Waals surface area contributed by atoms with Crippen molar-refractivity contribution in [2.75, 3.05) is 11.9 Å². The van der Waals surface area contributed by atoms with Crippen LogP contribution < -0.4 is 5.32 Å². The van der Waals surface area contributed by atoms with Crippen LogP contribution in [-0.2, 0) is 12.0 Å². The molecule has 6 heteroatoms. The maximum absolute atomic E-state index is 4.88. The maximum atomic E-state index is 4.88. The highest BCUT2D eigenvalue weighted by Gasteiger charge is 2.31. The van der Waals surface area contributed by atoms with E-state index in [1.54, 1.807) is 0 Å². The van der Waals surface area contributed by atoms with Crippen molar-refractivity contribution in [1.82, 2.24) is 19.6 Å². The molecule has 2 aromatic rings. The number of aryl methyl sites for hydroxylation is 1. The summed E-state index contributed by atoms with van der Waals surface area (Å²) >= 11 is 3.73. The van der Waals surface area contributed by atoms with Gasteiger partial charge < -0.3 is 5.32 Å². The molecular formula is C15H22BrN5. The average molecular weight is 352 g/mol. The number of rotatable bonds is 2. The lowest BCUT2D eigenvalue weighted by atomic mass is 9.92. The zero-order chi connectivity index (χ0) is 15.2. The topological polar surface area (TPSA) is 47.7 Å². The molecule has 2 aromatic heterocycles. The number of aromatic nitrogens is 4. The van der Waals surface area contributed by atoms with E-state index in [1.807, 2.05) is 10.9 Å². The van der Waals surface area contributed by atoms with E-state index in [9.17, 15) is 0 Å². The Hall–Kier alpha value is -1.30. The first-order valence-corrected chi connectivity index (χ1v) is 8.25. The second-order valence-electron chi connectivity index (χ2n) is 6.57. The summed E-state index contributed by atoms with van der Waals surface area (Å²) in [5, 5.41) is 12.8. The fourth-order valence-electron chi connectivity index (χ4n) is 2.76. The van der Waals surface area contributed by atoms with Crippen molar-refractivity contribution in [3.8, 4) is 0 Å². The minimum absolute atomic E-state index is 0.0169. The molecule has 0 amide bonds. The SMILES string of the molecule is CCn1cc(C2CCNc3c(Br)c(C(C)(C)C)nn32)cn1. The number of hydrogen-bond donors (Lipinski definition) is 1. The molecule has 0 saturated carbocycles. The maximum Gasteiger partial charge on any atom is 0.139 e. The van der Waals surface area contributed by atoms with E-state index in [0.29, 0.717) is 0 Å². The standard InChI is InChI=1S/C15H22BrN5/c1-5-20-9-10(8-18-20)11-6-7-17-14-12(16)13(15(2,3)4)19-21(11)14/h8-9,11,17H,5-7H2,1-4H3. The molecule has 0 aromatic carbocycles. The molecular weight excluding hydrogens is 330 g/mol. The third-order valence-corrected chi connectivity index (χ3v) is 4.68. The van der Waals surface area contributed by atoms with Gasteiger partial charge in [0.2, 0.25) is 0 Å². The zero-order valence-corrected chi connectivity index (χ0v) is 14.6. The van der Waals surface area contributed by atoms with E-state index in [0.717, 1.165) is 35.5 Å². The normalized spacial score (nSPS) is 18.4. The second-order valence-corrected chi connectivity index (χ2v) is 7.36. The van der Waals surface area contributed by atoms with Crippen LogP contribution in [0.2, 0.25) is 0 Å². The van der Waals surface area contributed by atoms with Gasteiger partial charge in [-0.2, -0.15) is 10.2 Å². The molecule has 0 fully saturated rings. The van der Waals surface area contributed by atoms with Crippen LogP contribution in [0.25, 0.3) is 0 Å². The van der Waals surface area contributed by atoms with Crippen molar-refractivity contribution in [1.29, 1.82) is 0 Å². The van der Waals surface area contributed by atoms with Gasteiger partial charge in [0.05, 0.1) is 22.4 Å². The number of nitrogens with zero attached hydrogens (tertiary/aromatic N) is 4. The van der Waals surface area contributed by atoms with E-state index >= 15 is 0 Å². The molecule has 3 rings (SSSR count). The highest BCUT2D eigenvalue weighted by atomic mass is 79.9. The molecule has 1 N–H and O–H groups in total. The van der Waals surface area contributed by atoms with E-state index in [-0.39, 0.29) is 11.5 Å². The summed E-state index contributed by atoms with van der Waals surface area (Å²) in [7, 11) is 0. The Morgan fingerprint density at radius 2 is 2.19 bits per heavy atom. The van der Waals surface area contributed by atoms with E-state index in [2.05, 4.69) is 64.9 Å². The molecule has 0 radical (unpaired) electrons. The number of anilines is 1. The van der Waals surface area contributed by atoms with Crippen LogP contribution >= 0.6 is 15.9 Å². The first-order valence-electron chi connectivity index (χ1n) is 7.46. The summed E-state index contributed by atoms with van der Waals surface area (Å²) in [6.45, 7) is 10.5. The highest BCUT2D eigenvalue weighted by Crippen LogP contribution is 2.39. The van der Waals surface area contributed by atoms with E-state index < -0.39 is 0 Å². The Bertz CT molecular complexity index is 650. The molecule has 0 saturated heterocycles. The van der Waals surface area contributed by atoms with Gasteiger partial charge in [-0.05, 0) is 29.3 Å². The van der Waals surface area contributed by atoms with Gasteiger partial charge in [0.15, 0.2) is 0 Å². The molecule has 3 heterocycles. The van der Waals surface area contributed by atoms with Gasteiger partial charge in [-0.1, -0.05) is 20.8 Å². The molecule has 1 aliphatic heterocycles. The lowest BCUT2D eigenvalue weighted by molar-refractivity contribution is 0.462. The van der Waals surface area contributed by atoms with E-state index in [1.165, 1.54) is 5.56 Å². The van der Waals surface area contributed by atoms with Gasteiger partial charge in [-0.3, -0.25) is 4.68 Å². The van der Waals surface area contributed by atoms with Crippen LogP contribution in [0.15, 0.2) is 16.9 Å². The first-order chi connectivity index (χ1) is 9.91. The average Bonchev–Trinajstić information content (AvgIpc) is 3.03. The van der Waals surface area contributed by atoms with Crippen molar-refractivity contribution in [3.63, 3.8) is 0 Å². The molecule has 114 valence electrons. The molecule has 1 aliphatic rings.